The van der Waals surface area contributed by atoms with Crippen LogP contribution >= 0.6 is 11.6 Å². The fourth-order valence-electron chi connectivity index (χ4n) is 1.55. The molecule has 0 saturated carbocycles. The van der Waals surface area contributed by atoms with Gasteiger partial charge < -0.3 is 14.8 Å². The summed E-state index contributed by atoms with van der Waals surface area (Å²) in [6, 6.07) is 2.35. The standard InChI is InChI=1S/C14H19ClN2O4/c1-14(2,3)21-13(19)17-11(12(18)20-9-15)8-10-4-6-16-7-5-10/h4-7,11H,8-9H2,1-3H3,(H,17,19). The molecule has 0 aliphatic carbocycles. The Balaban J connectivity index is 2.73. The van der Waals surface area contributed by atoms with E-state index in [4.69, 9.17) is 21.1 Å². The van der Waals surface area contributed by atoms with Crippen LogP contribution < -0.4 is 5.32 Å². The van der Waals surface area contributed by atoms with Crippen LogP contribution in [0.25, 0.3) is 0 Å². The highest BCUT2D eigenvalue weighted by molar-refractivity contribution is 6.17. The number of pyridine rings is 1. The van der Waals surface area contributed by atoms with Gasteiger partial charge in [0.15, 0.2) is 6.07 Å². The monoisotopic (exact) mass is 314 g/mol. The maximum Gasteiger partial charge on any atom is 0.408 e. The number of nitrogens with zero attached hydrogens (tertiary/aromatic N) is 1. The zero-order chi connectivity index (χ0) is 15.9. The van der Waals surface area contributed by atoms with Crippen molar-refractivity contribution < 1.29 is 19.1 Å². The number of halogens is 1. The van der Waals surface area contributed by atoms with Crippen LogP contribution in [-0.4, -0.2) is 34.8 Å². The van der Waals surface area contributed by atoms with Gasteiger partial charge >= 0.3 is 12.1 Å². The van der Waals surface area contributed by atoms with Gasteiger partial charge in [-0.15, -0.1) is 0 Å². The summed E-state index contributed by atoms with van der Waals surface area (Å²) in [6.45, 7) is 5.21. The van der Waals surface area contributed by atoms with Crippen LogP contribution in [0.15, 0.2) is 24.5 Å². The lowest BCUT2D eigenvalue weighted by molar-refractivity contribution is -0.144. The molecule has 0 bridgehead atoms. The third kappa shape index (κ3) is 6.94. The van der Waals surface area contributed by atoms with Crippen molar-refractivity contribution >= 4 is 23.7 Å². The Labute approximate surface area is 128 Å². The van der Waals surface area contributed by atoms with Crippen molar-refractivity contribution in [1.82, 2.24) is 10.3 Å². The van der Waals surface area contributed by atoms with Gasteiger partial charge in [0, 0.05) is 18.8 Å². The number of rotatable bonds is 5. The topological polar surface area (TPSA) is 77.5 Å². The second-order valence-electron chi connectivity index (χ2n) is 5.33. The molecule has 6 nitrogen and oxygen atoms in total. The van der Waals surface area contributed by atoms with E-state index in [1.54, 1.807) is 45.3 Å². The van der Waals surface area contributed by atoms with Crippen LogP contribution in [0, 0.1) is 0 Å². The van der Waals surface area contributed by atoms with Crippen molar-refractivity contribution in [3.05, 3.63) is 30.1 Å². The molecule has 1 heterocycles. The average molecular weight is 315 g/mol. The van der Waals surface area contributed by atoms with E-state index in [2.05, 4.69) is 10.3 Å². The molecular weight excluding hydrogens is 296 g/mol. The summed E-state index contributed by atoms with van der Waals surface area (Å²) < 4.78 is 9.88. The number of nitrogens with one attached hydrogen (secondary N) is 1. The zero-order valence-corrected chi connectivity index (χ0v) is 13.0. The zero-order valence-electron chi connectivity index (χ0n) is 12.3. The number of hydrogen-bond acceptors (Lipinski definition) is 5. The quantitative estimate of drug-likeness (QED) is 0.666. The molecule has 0 aliphatic heterocycles. The lowest BCUT2D eigenvalue weighted by Crippen LogP contribution is -2.45. The molecule has 0 saturated heterocycles. The molecule has 0 radical (unpaired) electrons. The average Bonchev–Trinajstić information content (AvgIpc) is 2.37. The summed E-state index contributed by atoms with van der Waals surface area (Å²) in [4.78, 5) is 27.5. The minimum Gasteiger partial charge on any atom is -0.448 e. The SMILES string of the molecule is CC(C)(C)OC(=O)NC(Cc1ccncc1)C(=O)OCCl. The Bertz CT molecular complexity index is 474. The molecule has 7 heteroatoms. The molecule has 1 aromatic rings. The number of hydrogen-bond donors (Lipinski definition) is 1. The molecule has 1 unspecified atom stereocenters. The lowest BCUT2D eigenvalue weighted by atomic mass is 10.1. The normalized spacial score (nSPS) is 12.4. The third-order valence-electron chi connectivity index (χ3n) is 2.36. The van der Waals surface area contributed by atoms with E-state index < -0.39 is 23.7 Å². The predicted molar refractivity (Wildman–Crippen MR) is 77.9 cm³/mol. The molecule has 21 heavy (non-hydrogen) atoms. The third-order valence-corrected chi connectivity index (χ3v) is 2.47. The molecular formula is C14H19ClN2O4. The van der Waals surface area contributed by atoms with Gasteiger partial charge in [-0.25, -0.2) is 9.59 Å². The summed E-state index contributed by atoms with van der Waals surface area (Å²) >= 11 is 5.39. The summed E-state index contributed by atoms with van der Waals surface area (Å²) in [6.07, 6.45) is 2.78. The Kier molecular flexibility index (Phi) is 6.42. The largest absolute Gasteiger partial charge is 0.448 e. The Morgan fingerprint density at radius 1 is 1.33 bits per heavy atom. The number of esters is 1. The highest BCUT2D eigenvalue weighted by Gasteiger charge is 2.25. The van der Waals surface area contributed by atoms with E-state index in [9.17, 15) is 9.59 Å². The second kappa shape index (κ2) is 7.83. The van der Waals surface area contributed by atoms with Crippen LogP contribution in [0.5, 0.6) is 0 Å². The van der Waals surface area contributed by atoms with Gasteiger partial charge in [0.05, 0.1) is 0 Å². The van der Waals surface area contributed by atoms with Crippen molar-refractivity contribution in [3.8, 4) is 0 Å². The fraction of sp³-hybridized carbons (Fsp3) is 0.500. The van der Waals surface area contributed by atoms with E-state index in [0.29, 0.717) is 0 Å². The predicted octanol–water partition coefficient (Wildman–Crippen LogP) is 2.26. The van der Waals surface area contributed by atoms with Gasteiger partial charge in [-0.3, -0.25) is 4.98 Å². The summed E-state index contributed by atoms with van der Waals surface area (Å²) in [5.74, 6) is -0.618. The first kappa shape index (κ1) is 17.2. The van der Waals surface area contributed by atoms with Crippen LogP contribution in [0.1, 0.15) is 26.3 Å². The van der Waals surface area contributed by atoms with E-state index in [-0.39, 0.29) is 12.5 Å². The van der Waals surface area contributed by atoms with Crippen molar-refractivity contribution in [2.45, 2.75) is 38.8 Å². The lowest BCUT2D eigenvalue weighted by Gasteiger charge is -2.22. The van der Waals surface area contributed by atoms with Gasteiger partial charge in [0.2, 0.25) is 0 Å². The summed E-state index contributed by atoms with van der Waals surface area (Å²) in [7, 11) is 0. The van der Waals surface area contributed by atoms with E-state index in [1.165, 1.54) is 0 Å². The van der Waals surface area contributed by atoms with Crippen molar-refractivity contribution in [1.29, 1.82) is 0 Å². The number of alkyl halides is 1. The highest BCUT2D eigenvalue weighted by atomic mass is 35.5. The number of alkyl carbamates (subject to hydrolysis) is 1. The first-order valence-corrected chi connectivity index (χ1v) is 6.96. The molecule has 0 aliphatic rings. The molecule has 0 fully saturated rings. The van der Waals surface area contributed by atoms with Crippen LogP contribution in [-0.2, 0) is 20.7 Å². The van der Waals surface area contributed by atoms with E-state index >= 15 is 0 Å². The number of aromatic nitrogens is 1. The smallest absolute Gasteiger partial charge is 0.408 e. The molecule has 116 valence electrons. The van der Waals surface area contributed by atoms with Crippen molar-refractivity contribution in [2.24, 2.45) is 0 Å². The second-order valence-corrected chi connectivity index (χ2v) is 5.55. The van der Waals surface area contributed by atoms with Crippen LogP contribution in [0.2, 0.25) is 0 Å². The maximum atomic E-state index is 11.9. The molecule has 1 atom stereocenters. The van der Waals surface area contributed by atoms with Crippen LogP contribution in [0.4, 0.5) is 4.79 Å². The van der Waals surface area contributed by atoms with Crippen molar-refractivity contribution in [2.75, 3.05) is 6.07 Å². The van der Waals surface area contributed by atoms with Crippen LogP contribution in [0.3, 0.4) is 0 Å². The van der Waals surface area contributed by atoms with Crippen molar-refractivity contribution in [3.63, 3.8) is 0 Å². The van der Waals surface area contributed by atoms with E-state index in [0.717, 1.165) is 5.56 Å². The van der Waals surface area contributed by atoms with Gasteiger partial charge in [-0.05, 0) is 38.5 Å². The fourth-order valence-corrected chi connectivity index (χ4v) is 1.66. The van der Waals surface area contributed by atoms with Gasteiger partial charge in [-0.2, -0.15) is 0 Å². The minimum absolute atomic E-state index is 0.261. The van der Waals surface area contributed by atoms with Gasteiger partial charge in [0.1, 0.15) is 11.6 Å². The Morgan fingerprint density at radius 3 is 2.48 bits per heavy atom. The molecule has 0 spiro atoms. The Hall–Kier alpha value is -1.82. The molecule has 1 rings (SSSR count). The maximum absolute atomic E-state index is 11.9. The molecule has 1 N–H and O–H groups in total. The number of amides is 1. The summed E-state index contributed by atoms with van der Waals surface area (Å²) in [5.41, 5.74) is 0.180. The number of ether oxygens (including phenoxy) is 2. The minimum atomic E-state index is -0.874. The van der Waals surface area contributed by atoms with Gasteiger partial charge in [-0.1, -0.05) is 11.6 Å². The molecule has 1 amide bonds. The molecule has 1 aromatic heterocycles. The first-order valence-electron chi connectivity index (χ1n) is 6.43. The number of carbonyl (C=O) groups excluding carboxylic acids is 2. The summed E-state index contributed by atoms with van der Waals surface area (Å²) in [5, 5.41) is 2.49. The first-order chi connectivity index (χ1) is 9.81. The Morgan fingerprint density at radius 2 is 1.95 bits per heavy atom. The van der Waals surface area contributed by atoms with E-state index in [1.807, 2.05) is 0 Å². The molecule has 0 aromatic carbocycles. The number of carbonyl (C=O) groups is 2. The highest BCUT2D eigenvalue weighted by Crippen LogP contribution is 2.09. The van der Waals surface area contributed by atoms with Gasteiger partial charge in [0.25, 0.3) is 0 Å².